The standard InChI is InChI=1S/C57H96O6/c1-4-7-10-13-16-19-22-25-27-28-29-30-33-35-38-41-44-47-50-56(59)62-53-54(52-61-55(58)49-46-43-40-37-34-31-24-21-18-15-12-9-6-3)63-57(60)51-48-45-42-39-36-32-26-23-20-17-14-11-8-5-2/h9,12,15,18,21,24,29-32,34,36-37,40,54H,4-8,10-11,13-14,16-17,19-20,22-23,25-28,33,35,38-39,41-53H2,1-3H3/b12-9-,18-15-,24-21-,30-29-,34-31-,36-32-,40-37-. The number of ether oxygens (including phenoxy) is 3. The predicted octanol–water partition coefficient (Wildman–Crippen LogP) is 17.2. The topological polar surface area (TPSA) is 78.9 Å². The molecule has 0 spiro atoms. The lowest BCUT2D eigenvalue weighted by molar-refractivity contribution is -0.167. The summed E-state index contributed by atoms with van der Waals surface area (Å²) in [4.78, 5) is 37.9. The number of allylic oxidation sites excluding steroid dienone is 14. The minimum atomic E-state index is -0.816. The van der Waals surface area contributed by atoms with E-state index in [1.54, 1.807) is 0 Å². The highest BCUT2D eigenvalue weighted by atomic mass is 16.6. The van der Waals surface area contributed by atoms with Gasteiger partial charge in [-0.25, -0.2) is 0 Å². The number of carbonyl (C=O) groups is 3. The van der Waals surface area contributed by atoms with Crippen molar-refractivity contribution in [2.75, 3.05) is 13.2 Å². The normalized spacial score (nSPS) is 12.7. The van der Waals surface area contributed by atoms with E-state index in [1.807, 2.05) is 54.7 Å². The molecule has 0 aromatic heterocycles. The number of esters is 3. The van der Waals surface area contributed by atoms with Gasteiger partial charge < -0.3 is 14.2 Å². The summed E-state index contributed by atoms with van der Waals surface area (Å²) in [6.45, 7) is 6.41. The molecule has 0 aromatic carbocycles. The van der Waals surface area contributed by atoms with Crippen LogP contribution in [-0.2, 0) is 28.6 Å². The highest BCUT2D eigenvalue weighted by molar-refractivity contribution is 5.71. The number of carbonyl (C=O) groups excluding carboxylic acids is 3. The molecular formula is C57H96O6. The van der Waals surface area contributed by atoms with E-state index < -0.39 is 6.10 Å². The summed E-state index contributed by atoms with van der Waals surface area (Å²) in [5.41, 5.74) is 0. The third-order valence-corrected chi connectivity index (χ3v) is 11.0. The van der Waals surface area contributed by atoms with E-state index in [1.165, 1.54) is 116 Å². The Kier molecular flexibility index (Phi) is 48.5. The molecule has 0 aliphatic carbocycles. The first-order valence-corrected chi connectivity index (χ1v) is 26.2. The molecule has 0 aliphatic rings. The van der Waals surface area contributed by atoms with E-state index in [0.29, 0.717) is 19.3 Å². The Labute approximate surface area is 388 Å². The van der Waals surface area contributed by atoms with Crippen molar-refractivity contribution < 1.29 is 28.6 Å². The summed E-state index contributed by atoms with van der Waals surface area (Å²) in [6.07, 6.45) is 65.8. The van der Waals surface area contributed by atoms with Gasteiger partial charge in [0.25, 0.3) is 0 Å². The van der Waals surface area contributed by atoms with Crippen molar-refractivity contribution in [3.05, 3.63) is 85.1 Å². The van der Waals surface area contributed by atoms with E-state index in [0.717, 1.165) is 77.0 Å². The van der Waals surface area contributed by atoms with Crippen LogP contribution in [0.15, 0.2) is 85.1 Å². The quantitative estimate of drug-likeness (QED) is 0.0199. The monoisotopic (exact) mass is 877 g/mol. The van der Waals surface area contributed by atoms with Crippen LogP contribution >= 0.6 is 0 Å². The minimum absolute atomic E-state index is 0.110. The summed E-state index contributed by atoms with van der Waals surface area (Å²) in [5, 5.41) is 0. The Morgan fingerprint density at radius 1 is 0.333 bits per heavy atom. The van der Waals surface area contributed by atoms with Crippen molar-refractivity contribution in [1.29, 1.82) is 0 Å². The van der Waals surface area contributed by atoms with Gasteiger partial charge in [-0.3, -0.25) is 14.4 Å². The summed E-state index contributed by atoms with van der Waals surface area (Å²) < 4.78 is 16.7. The summed E-state index contributed by atoms with van der Waals surface area (Å²) >= 11 is 0. The molecule has 360 valence electrons. The molecule has 0 bridgehead atoms. The molecule has 0 fully saturated rings. The molecule has 6 heteroatoms. The SMILES string of the molecule is CC\C=C/C=C\C=C/C=C\C=C/CCCC(=O)OCC(COC(=O)CCCCCCC/C=C\CCCCCCCCCCC)OC(=O)CCCCC/C=C\CCCCCCCCC. The van der Waals surface area contributed by atoms with E-state index in [4.69, 9.17) is 14.2 Å². The highest BCUT2D eigenvalue weighted by Gasteiger charge is 2.19. The van der Waals surface area contributed by atoms with Crippen molar-refractivity contribution in [2.45, 2.75) is 245 Å². The Balaban J connectivity index is 4.48. The zero-order valence-corrected chi connectivity index (χ0v) is 41.1. The van der Waals surface area contributed by atoms with Gasteiger partial charge in [-0.15, -0.1) is 0 Å². The highest BCUT2D eigenvalue weighted by Crippen LogP contribution is 2.14. The largest absolute Gasteiger partial charge is 0.462 e. The van der Waals surface area contributed by atoms with Gasteiger partial charge in [0.2, 0.25) is 0 Å². The second-order valence-electron chi connectivity index (χ2n) is 17.2. The summed E-state index contributed by atoms with van der Waals surface area (Å²) in [5.74, 6) is -1.01. The van der Waals surface area contributed by atoms with Crippen LogP contribution in [0.25, 0.3) is 0 Å². The van der Waals surface area contributed by atoms with Gasteiger partial charge >= 0.3 is 17.9 Å². The third-order valence-electron chi connectivity index (χ3n) is 11.0. The van der Waals surface area contributed by atoms with E-state index >= 15 is 0 Å². The van der Waals surface area contributed by atoms with Gasteiger partial charge in [-0.2, -0.15) is 0 Å². The maximum absolute atomic E-state index is 12.8. The van der Waals surface area contributed by atoms with E-state index in [9.17, 15) is 14.4 Å². The van der Waals surface area contributed by atoms with Crippen molar-refractivity contribution in [3.8, 4) is 0 Å². The molecule has 0 heterocycles. The average Bonchev–Trinajstić information content (AvgIpc) is 3.28. The Morgan fingerprint density at radius 3 is 1.08 bits per heavy atom. The van der Waals surface area contributed by atoms with Gasteiger partial charge in [0.05, 0.1) is 0 Å². The van der Waals surface area contributed by atoms with E-state index in [-0.39, 0.29) is 37.5 Å². The molecule has 0 aliphatic heterocycles. The van der Waals surface area contributed by atoms with Crippen LogP contribution in [0.3, 0.4) is 0 Å². The van der Waals surface area contributed by atoms with Crippen LogP contribution < -0.4 is 0 Å². The first-order valence-electron chi connectivity index (χ1n) is 26.2. The van der Waals surface area contributed by atoms with Crippen molar-refractivity contribution in [2.24, 2.45) is 0 Å². The number of rotatable bonds is 46. The third kappa shape index (κ3) is 49.5. The van der Waals surface area contributed by atoms with Gasteiger partial charge in [0, 0.05) is 19.3 Å². The first kappa shape index (κ1) is 59.6. The van der Waals surface area contributed by atoms with Gasteiger partial charge in [-0.05, 0) is 83.5 Å². The molecule has 0 N–H and O–H groups in total. The van der Waals surface area contributed by atoms with Crippen LogP contribution in [-0.4, -0.2) is 37.2 Å². The van der Waals surface area contributed by atoms with Crippen LogP contribution in [0.4, 0.5) is 0 Å². The lowest BCUT2D eigenvalue weighted by Crippen LogP contribution is -2.30. The molecule has 0 saturated heterocycles. The lowest BCUT2D eigenvalue weighted by Gasteiger charge is -2.18. The molecule has 1 atom stereocenters. The molecule has 0 rings (SSSR count). The smallest absolute Gasteiger partial charge is 0.306 e. The van der Waals surface area contributed by atoms with Gasteiger partial charge in [0.15, 0.2) is 6.10 Å². The fourth-order valence-electron chi connectivity index (χ4n) is 7.05. The Bertz CT molecular complexity index is 1240. The fraction of sp³-hybridized carbons (Fsp3) is 0.702. The van der Waals surface area contributed by atoms with Crippen molar-refractivity contribution in [1.82, 2.24) is 0 Å². The number of hydrogen-bond donors (Lipinski definition) is 0. The van der Waals surface area contributed by atoms with E-state index in [2.05, 4.69) is 51.2 Å². The minimum Gasteiger partial charge on any atom is -0.462 e. The maximum atomic E-state index is 12.8. The fourth-order valence-corrected chi connectivity index (χ4v) is 7.05. The van der Waals surface area contributed by atoms with Crippen LogP contribution in [0.2, 0.25) is 0 Å². The number of unbranched alkanes of at least 4 members (excludes halogenated alkanes) is 25. The zero-order chi connectivity index (χ0) is 45.8. The van der Waals surface area contributed by atoms with Gasteiger partial charge in [0.1, 0.15) is 13.2 Å². The molecule has 0 radical (unpaired) electrons. The Morgan fingerprint density at radius 2 is 0.651 bits per heavy atom. The van der Waals surface area contributed by atoms with Crippen LogP contribution in [0.1, 0.15) is 239 Å². The number of hydrogen-bond acceptors (Lipinski definition) is 6. The van der Waals surface area contributed by atoms with Gasteiger partial charge in [-0.1, -0.05) is 221 Å². The molecule has 6 nitrogen and oxygen atoms in total. The second kappa shape index (κ2) is 51.2. The first-order chi connectivity index (χ1) is 31.0. The summed E-state index contributed by atoms with van der Waals surface area (Å²) in [6, 6.07) is 0. The second-order valence-corrected chi connectivity index (χ2v) is 17.2. The molecule has 0 aromatic rings. The zero-order valence-electron chi connectivity index (χ0n) is 41.1. The van der Waals surface area contributed by atoms with Crippen LogP contribution in [0, 0.1) is 0 Å². The molecule has 0 saturated carbocycles. The van der Waals surface area contributed by atoms with Crippen molar-refractivity contribution >= 4 is 17.9 Å². The lowest BCUT2D eigenvalue weighted by atomic mass is 10.1. The average molecular weight is 877 g/mol. The predicted molar refractivity (Wildman–Crippen MR) is 270 cm³/mol. The maximum Gasteiger partial charge on any atom is 0.306 e. The van der Waals surface area contributed by atoms with Crippen LogP contribution in [0.5, 0.6) is 0 Å². The molecule has 0 amide bonds. The molecular weight excluding hydrogens is 781 g/mol. The Hall–Kier alpha value is -3.41. The van der Waals surface area contributed by atoms with Crippen molar-refractivity contribution in [3.63, 3.8) is 0 Å². The summed E-state index contributed by atoms with van der Waals surface area (Å²) in [7, 11) is 0. The molecule has 1 unspecified atom stereocenters. The molecule has 63 heavy (non-hydrogen) atoms.